The summed E-state index contributed by atoms with van der Waals surface area (Å²) >= 11 is 0. The molecule has 1 unspecified atom stereocenters. The van der Waals surface area contributed by atoms with Crippen molar-refractivity contribution in [1.29, 1.82) is 10.5 Å². The van der Waals surface area contributed by atoms with Gasteiger partial charge in [0.2, 0.25) is 5.88 Å². The molecule has 224 valence electrons. The van der Waals surface area contributed by atoms with Gasteiger partial charge in [-0.2, -0.15) is 15.5 Å². The molecule has 0 bridgehead atoms. The van der Waals surface area contributed by atoms with E-state index in [9.17, 15) is 19.6 Å². The van der Waals surface area contributed by atoms with Crippen LogP contribution in [0.4, 0.5) is 10.2 Å². The van der Waals surface area contributed by atoms with E-state index in [-0.39, 0.29) is 41.3 Å². The van der Waals surface area contributed by atoms with E-state index < -0.39 is 11.8 Å². The monoisotopic (exact) mass is 595 g/mol. The summed E-state index contributed by atoms with van der Waals surface area (Å²) in [5.74, 6) is 0.159. The molecule has 0 spiro atoms. The minimum Gasteiger partial charge on any atom is -0.478 e. The summed E-state index contributed by atoms with van der Waals surface area (Å²) in [5, 5.41) is 28.1. The Kier molecular flexibility index (Phi) is 8.11. The SMILES string of the molecule is CC(c1nc2ccc(C(=O)O)cc2n1C[C@@H]1CCO1)N1CCN(c2cc(C#N)cc(OCc3ccc(C#N)cc3F)n2)CC1. The summed E-state index contributed by atoms with van der Waals surface area (Å²) in [6, 6.07) is 16.5. The zero-order chi connectivity index (χ0) is 30.8. The third-order valence-corrected chi connectivity index (χ3v) is 8.24. The quantitative estimate of drug-likeness (QED) is 0.298. The molecule has 12 heteroatoms. The van der Waals surface area contributed by atoms with Crippen LogP contribution in [0.2, 0.25) is 0 Å². The predicted molar refractivity (Wildman–Crippen MR) is 158 cm³/mol. The van der Waals surface area contributed by atoms with E-state index >= 15 is 0 Å². The molecule has 2 atom stereocenters. The molecule has 11 nitrogen and oxygen atoms in total. The lowest BCUT2D eigenvalue weighted by Crippen LogP contribution is -2.48. The maximum absolute atomic E-state index is 14.3. The molecule has 2 aromatic heterocycles. The fraction of sp³-hybridized carbons (Fsp3) is 0.344. The third kappa shape index (κ3) is 5.91. The highest BCUT2D eigenvalue weighted by molar-refractivity contribution is 5.92. The number of ether oxygens (including phenoxy) is 2. The molecule has 2 fully saturated rings. The van der Waals surface area contributed by atoms with Gasteiger partial charge in [0.05, 0.1) is 58.6 Å². The molecule has 2 saturated heterocycles. The lowest BCUT2D eigenvalue weighted by Gasteiger charge is -2.38. The van der Waals surface area contributed by atoms with Crippen LogP contribution in [0.15, 0.2) is 48.5 Å². The van der Waals surface area contributed by atoms with E-state index in [0.29, 0.717) is 44.1 Å². The molecule has 4 aromatic rings. The summed E-state index contributed by atoms with van der Waals surface area (Å²) in [4.78, 5) is 25.6. The van der Waals surface area contributed by atoms with Gasteiger partial charge in [0.1, 0.15) is 24.1 Å². The average molecular weight is 596 g/mol. The Hall–Kier alpha value is -5.04. The first kappa shape index (κ1) is 29.1. The van der Waals surface area contributed by atoms with Crippen LogP contribution in [0.25, 0.3) is 11.0 Å². The summed E-state index contributed by atoms with van der Waals surface area (Å²) in [6.07, 6.45) is 1.03. The Balaban J connectivity index is 1.17. The number of carboxylic acid groups (broad SMARTS) is 1. The molecule has 6 rings (SSSR count). The van der Waals surface area contributed by atoms with Gasteiger partial charge < -0.3 is 24.0 Å². The van der Waals surface area contributed by atoms with Crippen molar-refractivity contribution >= 4 is 22.8 Å². The molecule has 2 aromatic carbocycles. The minimum absolute atomic E-state index is 0.0440. The first-order valence-electron chi connectivity index (χ1n) is 14.4. The molecule has 2 aliphatic heterocycles. The second-order valence-electron chi connectivity index (χ2n) is 10.9. The van der Waals surface area contributed by atoms with Crippen LogP contribution in [0.1, 0.15) is 52.3 Å². The number of carbonyl (C=O) groups is 1. The smallest absolute Gasteiger partial charge is 0.335 e. The summed E-state index contributed by atoms with van der Waals surface area (Å²) < 4.78 is 27.9. The van der Waals surface area contributed by atoms with Crippen LogP contribution in [-0.2, 0) is 17.9 Å². The highest BCUT2D eigenvalue weighted by Gasteiger charge is 2.29. The van der Waals surface area contributed by atoms with Gasteiger partial charge in [0.15, 0.2) is 0 Å². The van der Waals surface area contributed by atoms with E-state index in [1.54, 1.807) is 24.3 Å². The second-order valence-corrected chi connectivity index (χ2v) is 10.9. The second kappa shape index (κ2) is 12.3. The van der Waals surface area contributed by atoms with Gasteiger partial charge in [-0.1, -0.05) is 6.07 Å². The van der Waals surface area contributed by atoms with Gasteiger partial charge >= 0.3 is 5.97 Å². The molecule has 0 amide bonds. The number of aromatic nitrogens is 3. The molecule has 4 heterocycles. The van der Waals surface area contributed by atoms with Gasteiger partial charge in [-0.3, -0.25) is 4.90 Å². The van der Waals surface area contributed by atoms with E-state index in [1.165, 1.54) is 18.2 Å². The Bertz CT molecular complexity index is 1800. The van der Waals surface area contributed by atoms with E-state index in [2.05, 4.69) is 32.3 Å². The van der Waals surface area contributed by atoms with E-state index in [1.807, 2.05) is 6.07 Å². The van der Waals surface area contributed by atoms with Gasteiger partial charge in [-0.05, 0) is 49.7 Å². The lowest BCUT2D eigenvalue weighted by atomic mass is 10.1. The average Bonchev–Trinajstić information content (AvgIpc) is 3.39. The number of pyridine rings is 1. The Morgan fingerprint density at radius 1 is 1.09 bits per heavy atom. The largest absolute Gasteiger partial charge is 0.478 e. The van der Waals surface area contributed by atoms with Crippen molar-refractivity contribution in [3.05, 3.63) is 82.4 Å². The number of nitrogens with zero attached hydrogens (tertiary/aromatic N) is 7. The zero-order valence-corrected chi connectivity index (χ0v) is 24.1. The summed E-state index contributed by atoms with van der Waals surface area (Å²) in [5.41, 5.74) is 2.65. The number of imidazole rings is 1. The fourth-order valence-corrected chi connectivity index (χ4v) is 5.60. The number of hydrogen-bond donors (Lipinski definition) is 1. The molecule has 1 N–H and O–H groups in total. The molecule has 0 saturated carbocycles. The van der Waals surface area contributed by atoms with Crippen molar-refractivity contribution in [3.8, 4) is 18.0 Å². The number of rotatable bonds is 9. The lowest BCUT2D eigenvalue weighted by molar-refractivity contribution is -0.0594. The highest BCUT2D eigenvalue weighted by atomic mass is 19.1. The van der Waals surface area contributed by atoms with Crippen molar-refractivity contribution in [1.82, 2.24) is 19.4 Å². The number of piperazine rings is 1. The first-order chi connectivity index (χ1) is 21.3. The summed E-state index contributed by atoms with van der Waals surface area (Å²) in [6.45, 7) is 6.05. The van der Waals surface area contributed by atoms with Crippen LogP contribution in [0.3, 0.4) is 0 Å². The van der Waals surface area contributed by atoms with Crippen LogP contribution < -0.4 is 9.64 Å². The van der Waals surface area contributed by atoms with Crippen molar-refractivity contribution in [3.63, 3.8) is 0 Å². The predicted octanol–water partition coefficient (Wildman–Crippen LogP) is 4.26. The minimum atomic E-state index is -0.977. The van der Waals surface area contributed by atoms with Crippen molar-refractivity contribution in [2.45, 2.75) is 38.6 Å². The number of halogens is 1. The van der Waals surface area contributed by atoms with Gasteiger partial charge in [-0.25, -0.2) is 14.2 Å². The number of nitriles is 2. The standard InChI is InChI=1S/C32H30FN7O4/c1-20(31-36-27-5-4-23(32(41)42)15-28(27)40(31)18-25-6-11-43-25)38-7-9-39(10-8-38)29-13-22(17-35)14-30(37-29)44-19-24-3-2-21(16-34)12-26(24)33/h2-5,12-15,20,25H,6-11,18-19H2,1H3,(H,41,42)/t20?,25-/m0/s1. The number of carboxylic acids is 1. The molecule has 44 heavy (non-hydrogen) atoms. The van der Waals surface area contributed by atoms with Crippen LogP contribution in [-0.4, -0.2) is 69.4 Å². The number of anilines is 1. The maximum Gasteiger partial charge on any atom is 0.335 e. The third-order valence-electron chi connectivity index (χ3n) is 8.24. The number of benzene rings is 2. The Morgan fingerprint density at radius 2 is 1.86 bits per heavy atom. The van der Waals surface area contributed by atoms with Crippen molar-refractivity contribution in [2.24, 2.45) is 0 Å². The van der Waals surface area contributed by atoms with Gasteiger partial charge in [0, 0.05) is 44.4 Å². The number of aromatic carboxylic acids is 1. The van der Waals surface area contributed by atoms with Crippen molar-refractivity contribution in [2.75, 3.05) is 37.7 Å². The highest BCUT2D eigenvalue weighted by Crippen LogP contribution is 2.30. The fourth-order valence-electron chi connectivity index (χ4n) is 5.60. The molecule has 0 aliphatic carbocycles. The van der Waals surface area contributed by atoms with Gasteiger partial charge in [-0.15, -0.1) is 0 Å². The van der Waals surface area contributed by atoms with Crippen LogP contribution >= 0.6 is 0 Å². The van der Waals surface area contributed by atoms with Gasteiger partial charge in [0.25, 0.3) is 0 Å². The molecular formula is C32H30FN7O4. The maximum atomic E-state index is 14.3. The Morgan fingerprint density at radius 3 is 2.52 bits per heavy atom. The normalized spacial score (nSPS) is 17.5. The molecule has 2 aliphatic rings. The Labute approximate surface area is 253 Å². The van der Waals surface area contributed by atoms with Crippen molar-refractivity contribution < 1.29 is 23.8 Å². The first-order valence-corrected chi connectivity index (χ1v) is 14.4. The topological polar surface area (TPSA) is 141 Å². The summed E-state index contributed by atoms with van der Waals surface area (Å²) in [7, 11) is 0. The number of fused-ring (bicyclic) bond motifs is 1. The molecule has 0 radical (unpaired) electrons. The van der Waals surface area contributed by atoms with Crippen LogP contribution in [0.5, 0.6) is 5.88 Å². The molecular weight excluding hydrogens is 565 g/mol. The van der Waals surface area contributed by atoms with E-state index in [4.69, 9.17) is 19.7 Å². The van der Waals surface area contributed by atoms with Crippen LogP contribution in [0, 0.1) is 28.5 Å². The van der Waals surface area contributed by atoms with E-state index in [0.717, 1.165) is 36.0 Å². The number of hydrogen-bond acceptors (Lipinski definition) is 9. The zero-order valence-electron chi connectivity index (χ0n) is 24.1.